The lowest BCUT2D eigenvalue weighted by molar-refractivity contribution is 0.208. The molecule has 4 nitrogen and oxygen atoms in total. The Hall–Kier alpha value is -1.49. The van der Waals surface area contributed by atoms with Crippen molar-refractivity contribution in [3.63, 3.8) is 0 Å². The molecule has 0 atom stereocenters. The number of hydrogen-bond donors (Lipinski definition) is 2. The number of phenols is 1. The quantitative estimate of drug-likeness (QED) is 0.848. The average molecular weight is 244 g/mol. The molecular weight excluding hydrogens is 227 g/mol. The molecule has 5 heteroatoms. The van der Waals surface area contributed by atoms with Gasteiger partial charge >= 0.3 is 0 Å². The van der Waals surface area contributed by atoms with Crippen molar-refractivity contribution in [3.05, 3.63) is 17.4 Å². The fourth-order valence-corrected chi connectivity index (χ4v) is 1.66. The van der Waals surface area contributed by atoms with Crippen LogP contribution >= 0.6 is 0 Å². The first-order valence-corrected chi connectivity index (χ1v) is 5.13. The second-order valence-electron chi connectivity index (χ2n) is 4.36. The van der Waals surface area contributed by atoms with Crippen LogP contribution < -0.4 is 9.47 Å². The van der Waals surface area contributed by atoms with Gasteiger partial charge in [-0.3, -0.25) is 0 Å². The second kappa shape index (κ2) is 4.79. The highest BCUT2D eigenvalue weighted by atomic mass is 19.1. The van der Waals surface area contributed by atoms with Crippen LogP contribution in [0, 0.1) is 5.82 Å². The summed E-state index contributed by atoms with van der Waals surface area (Å²) in [5.41, 5.74) is -0.649. The number of benzene rings is 1. The number of rotatable bonds is 4. The Morgan fingerprint density at radius 2 is 1.88 bits per heavy atom. The molecule has 0 heterocycles. The molecule has 0 radical (unpaired) electrons. The highest BCUT2D eigenvalue weighted by Crippen LogP contribution is 2.45. The maximum absolute atomic E-state index is 13.5. The predicted molar refractivity (Wildman–Crippen MR) is 61.3 cm³/mol. The molecule has 96 valence electrons. The Balaban J connectivity index is 3.60. The van der Waals surface area contributed by atoms with Crippen molar-refractivity contribution in [1.82, 2.24) is 0 Å². The molecule has 0 aromatic heterocycles. The predicted octanol–water partition coefficient (Wildman–Crippen LogP) is 1.82. The number of aliphatic hydroxyl groups is 1. The third-order valence-electron chi connectivity index (χ3n) is 2.67. The standard InChI is InChI=1S/C12H17FO4/c1-12(2,6-14)9-10(15)7(13)5-8(16-3)11(9)17-4/h5,14-15H,6H2,1-4H3. The minimum Gasteiger partial charge on any atom is -0.505 e. The van der Waals surface area contributed by atoms with E-state index in [2.05, 4.69) is 0 Å². The van der Waals surface area contributed by atoms with Gasteiger partial charge in [-0.15, -0.1) is 0 Å². The first-order valence-electron chi connectivity index (χ1n) is 5.13. The summed E-state index contributed by atoms with van der Waals surface area (Å²) in [7, 11) is 2.77. The van der Waals surface area contributed by atoms with Crippen LogP contribution in [0.2, 0.25) is 0 Å². The lowest BCUT2D eigenvalue weighted by Crippen LogP contribution is -2.23. The number of aliphatic hydroxyl groups excluding tert-OH is 1. The van der Waals surface area contributed by atoms with Gasteiger partial charge in [-0.25, -0.2) is 4.39 Å². The normalized spacial score (nSPS) is 11.4. The largest absolute Gasteiger partial charge is 0.505 e. The lowest BCUT2D eigenvalue weighted by Gasteiger charge is -2.26. The smallest absolute Gasteiger partial charge is 0.169 e. The third kappa shape index (κ3) is 2.29. The molecule has 1 rings (SSSR count). The molecule has 0 aliphatic carbocycles. The van der Waals surface area contributed by atoms with Crippen LogP contribution in [0.5, 0.6) is 17.2 Å². The SMILES string of the molecule is COc1cc(F)c(O)c(C(C)(C)CO)c1OC. The summed E-state index contributed by atoms with van der Waals surface area (Å²) in [6, 6.07) is 1.05. The van der Waals surface area contributed by atoms with Gasteiger partial charge in [-0.1, -0.05) is 13.8 Å². The number of ether oxygens (including phenoxy) is 2. The zero-order valence-corrected chi connectivity index (χ0v) is 10.4. The number of hydrogen-bond acceptors (Lipinski definition) is 4. The van der Waals surface area contributed by atoms with Crippen molar-refractivity contribution in [2.45, 2.75) is 19.3 Å². The minimum absolute atomic E-state index is 0.180. The monoisotopic (exact) mass is 244 g/mol. The number of phenolic OH excluding ortho intramolecular Hbond substituents is 1. The molecule has 0 aliphatic heterocycles. The third-order valence-corrected chi connectivity index (χ3v) is 2.67. The molecule has 0 amide bonds. The Morgan fingerprint density at radius 1 is 1.29 bits per heavy atom. The summed E-state index contributed by atoms with van der Waals surface area (Å²) in [6.07, 6.45) is 0. The Labute approximate surface area is 99.6 Å². The zero-order chi connectivity index (χ0) is 13.2. The van der Waals surface area contributed by atoms with Crippen molar-refractivity contribution in [3.8, 4) is 17.2 Å². The van der Waals surface area contributed by atoms with Crippen LogP contribution in [0.1, 0.15) is 19.4 Å². The van der Waals surface area contributed by atoms with E-state index in [9.17, 15) is 14.6 Å². The Bertz CT molecular complexity index is 415. The van der Waals surface area contributed by atoms with Gasteiger partial charge in [0.2, 0.25) is 0 Å². The molecule has 0 spiro atoms. The van der Waals surface area contributed by atoms with Crippen molar-refractivity contribution >= 4 is 0 Å². The van der Waals surface area contributed by atoms with E-state index in [0.717, 1.165) is 6.07 Å². The van der Waals surface area contributed by atoms with E-state index in [1.165, 1.54) is 14.2 Å². The Kier molecular flexibility index (Phi) is 3.83. The van der Waals surface area contributed by atoms with Gasteiger partial charge in [0.05, 0.1) is 26.4 Å². The van der Waals surface area contributed by atoms with Crippen molar-refractivity contribution in [2.75, 3.05) is 20.8 Å². The molecule has 1 aromatic carbocycles. The molecule has 0 fully saturated rings. The maximum atomic E-state index is 13.5. The van der Waals surface area contributed by atoms with Crippen LogP contribution in [0.4, 0.5) is 4.39 Å². The first-order chi connectivity index (χ1) is 7.88. The number of methoxy groups -OCH3 is 2. The summed E-state index contributed by atoms with van der Waals surface area (Å²) in [4.78, 5) is 0. The zero-order valence-electron chi connectivity index (χ0n) is 10.4. The highest BCUT2D eigenvalue weighted by Gasteiger charge is 2.31. The van der Waals surface area contributed by atoms with E-state index in [1.54, 1.807) is 13.8 Å². The minimum atomic E-state index is -0.842. The van der Waals surface area contributed by atoms with Crippen LogP contribution in [0.15, 0.2) is 6.07 Å². The van der Waals surface area contributed by atoms with Crippen molar-refractivity contribution in [1.29, 1.82) is 0 Å². The highest BCUT2D eigenvalue weighted by molar-refractivity contribution is 5.57. The number of aromatic hydroxyl groups is 1. The average Bonchev–Trinajstić information content (AvgIpc) is 2.31. The lowest BCUT2D eigenvalue weighted by atomic mass is 9.84. The maximum Gasteiger partial charge on any atom is 0.169 e. The summed E-state index contributed by atoms with van der Waals surface area (Å²) in [5, 5.41) is 19.1. The second-order valence-corrected chi connectivity index (χ2v) is 4.36. The molecule has 0 saturated heterocycles. The van der Waals surface area contributed by atoms with Gasteiger partial charge in [0.1, 0.15) is 0 Å². The number of halogens is 1. The fourth-order valence-electron chi connectivity index (χ4n) is 1.66. The van der Waals surface area contributed by atoms with Gasteiger partial charge in [0.25, 0.3) is 0 Å². The van der Waals surface area contributed by atoms with Crippen LogP contribution in [0.25, 0.3) is 0 Å². The van der Waals surface area contributed by atoms with E-state index in [-0.39, 0.29) is 23.7 Å². The molecule has 1 aromatic rings. The molecular formula is C12H17FO4. The van der Waals surface area contributed by atoms with Crippen LogP contribution in [-0.4, -0.2) is 31.0 Å². The summed E-state index contributed by atoms with van der Waals surface area (Å²) in [5.74, 6) is -0.925. The fraction of sp³-hybridized carbons (Fsp3) is 0.500. The molecule has 0 unspecified atom stereocenters. The van der Waals surface area contributed by atoms with E-state index < -0.39 is 17.0 Å². The molecule has 17 heavy (non-hydrogen) atoms. The van der Waals surface area contributed by atoms with Gasteiger partial charge in [0.15, 0.2) is 23.1 Å². The van der Waals surface area contributed by atoms with Gasteiger partial charge < -0.3 is 19.7 Å². The van der Waals surface area contributed by atoms with Crippen molar-refractivity contribution < 1.29 is 24.1 Å². The summed E-state index contributed by atoms with van der Waals surface area (Å²) >= 11 is 0. The summed E-state index contributed by atoms with van der Waals surface area (Å²) in [6.45, 7) is 3.08. The van der Waals surface area contributed by atoms with Gasteiger partial charge in [-0.2, -0.15) is 0 Å². The Morgan fingerprint density at radius 3 is 2.29 bits per heavy atom. The molecule has 2 N–H and O–H groups in total. The van der Waals surface area contributed by atoms with Crippen LogP contribution in [0.3, 0.4) is 0 Å². The van der Waals surface area contributed by atoms with Gasteiger partial charge in [0, 0.05) is 11.5 Å². The summed E-state index contributed by atoms with van der Waals surface area (Å²) < 4.78 is 23.7. The van der Waals surface area contributed by atoms with E-state index in [0.29, 0.717) is 0 Å². The van der Waals surface area contributed by atoms with E-state index in [1.807, 2.05) is 0 Å². The molecule has 0 aliphatic rings. The topological polar surface area (TPSA) is 58.9 Å². The van der Waals surface area contributed by atoms with E-state index >= 15 is 0 Å². The van der Waals surface area contributed by atoms with E-state index in [4.69, 9.17) is 9.47 Å². The van der Waals surface area contributed by atoms with Gasteiger partial charge in [-0.05, 0) is 0 Å². The van der Waals surface area contributed by atoms with Crippen LogP contribution in [-0.2, 0) is 5.41 Å². The van der Waals surface area contributed by atoms with Crippen molar-refractivity contribution in [2.24, 2.45) is 0 Å². The first kappa shape index (κ1) is 13.6. The molecule has 0 bridgehead atoms. The molecule has 0 saturated carbocycles.